The zero-order valence-corrected chi connectivity index (χ0v) is 8.75. The van der Waals surface area contributed by atoms with Gasteiger partial charge in [-0.1, -0.05) is 0 Å². The van der Waals surface area contributed by atoms with Gasteiger partial charge in [-0.2, -0.15) is 0 Å². The van der Waals surface area contributed by atoms with E-state index in [2.05, 4.69) is 15.6 Å². The van der Waals surface area contributed by atoms with Crippen LogP contribution < -0.4 is 10.6 Å². The highest BCUT2D eigenvalue weighted by Gasteiger charge is 2.19. The molecule has 1 amide bonds. The molecule has 0 saturated carbocycles. The molecule has 2 N–H and O–H groups in total. The summed E-state index contributed by atoms with van der Waals surface area (Å²) in [5, 5.41) is 6.18. The molecule has 5 nitrogen and oxygen atoms in total. The molecular formula is C10H15N3O2. The van der Waals surface area contributed by atoms with E-state index in [-0.39, 0.29) is 11.9 Å². The fourth-order valence-corrected chi connectivity index (χ4v) is 1.75. The number of carbonyl (C=O) groups is 1. The molecule has 0 unspecified atom stereocenters. The summed E-state index contributed by atoms with van der Waals surface area (Å²) >= 11 is 0. The topological polar surface area (TPSA) is 67.2 Å². The van der Waals surface area contributed by atoms with E-state index < -0.39 is 0 Å². The summed E-state index contributed by atoms with van der Waals surface area (Å²) in [4.78, 5) is 15.6. The lowest BCUT2D eigenvalue weighted by atomic mass is 10.1. The van der Waals surface area contributed by atoms with Crippen LogP contribution in [0, 0.1) is 6.92 Å². The molecule has 0 aliphatic carbocycles. The van der Waals surface area contributed by atoms with E-state index in [1.807, 2.05) is 0 Å². The average molecular weight is 209 g/mol. The first kappa shape index (κ1) is 10.2. The Kier molecular flexibility index (Phi) is 3.01. The monoisotopic (exact) mass is 209 g/mol. The van der Waals surface area contributed by atoms with Gasteiger partial charge >= 0.3 is 0 Å². The number of piperidine rings is 1. The standard InChI is InChI=1S/C10H15N3O2/c1-7-9(12-6-15-7)10(14)13-8-3-2-4-11-5-8/h6,8,11H,2-5H2,1H3,(H,13,14)/t8-/m1/s1. The Morgan fingerprint density at radius 3 is 3.20 bits per heavy atom. The highest BCUT2D eigenvalue weighted by atomic mass is 16.3. The van der Waals surface area contributed by atoms with Crippen molar-refractivity contribution in [1.29, 1.82) is 0 Å². The maximum atomic E-state index is 11.7. The van der Waals surface area contributed by atoms with Gasteiger partial charge in [0, 0.05) is 12.6 Å². The average Bonchev–Trinajstić information content (AvgIpc) is 2.66. The molecular weight excluding hydrogens is 194 g/mol. The molecule has 0 aromatic carbocycles. The number of nitrogens with one attached hydrogen (secondary N) is 2. The Bertz CT molecular complexity index is 342. The van der Waals surface area contributed by atoms with Crippen LogP contribution in [0.25, 0.3) is 0 Å². The SMILES string of the molecule is Cc1ocnc1C(=O)N[C@@H]1CCCNC1. The van der Waals surface area contributed by atoms with Gasteiger partial charge in [-0.25, -0.2) is 4.98 Å². The molecule has 0 radical (unpaired) electrons. The molecule has 1 atom stereocenters. The molecule has 1 aliphatic rings. The van der Waals surface area contributed by atoms with Crippen LogP contribution in [-0.4, -0.2) is 30.0 Å². The van der Waals surface area contributed by atoms with Crippen molar-refractivity contribution in [3.8, 4) is 0 Å². The smallest absolute Gasteiger partial charge is 0.273 e. The maximum Gasteiger partial charge on any atom is 0.273 e. The summed E-state index contributed by atoms with van der Waals surface area (Å²) in [6.45, 7) is 3.61. The third-order valence-electron chi connectivity index (χ3n) is 2.59. The van der Waals surface area contributed by atoms with Crippen LogP contribution in [-0.2, 0) is 0 Å². The second kappa shape index (κ2) is 4.44. The predicted molar refractivity (Wildman–Crippen MR) is 54.6 cm³/mol. The number of hydrogen-bond acceptors (Lipinski definition) is 4. The second-order valence-electron chi connectivity index (χ2n) is 3.77. The van der Waals surface area contributed by atoms with Crippen LogP contribution in [0.3, 0.4) is 0 Å². The van der Waals surface area contributed by atoms with Gasteiger partial charge in [0.15, 0.2) is 12.1 Å². The van der Waals surface area contributed by atoms with Gasteiger partial charge < -0.3 is 15.1 Å². The molecule has 5 heteroatoms. The molecule has 0 spiro atoms. The lowest BCUT2D eigenvalue weighted by molar-refractivity contribution is 0.0924. The first-order valence-corrected chi connectivity index (χ1v) is 5.19. The molecule has 82 valence electrons. The van der Waals surface area contributed by atoms with Crippen molar-refractivity contribution >= 4 is 5.91 Å². The van der Waals surface area contributed by atoms with Crippen molar-refractivity contribution in [2.75, 3.05) is 13.1 Å². The fraction of sp³-hybridized carbons (Fsp3) is 0.600. The van der Waals surface area contributed by atoms with E-state index >= 15 is 0 Å². The maximum absolute atomic E-state index is 11.7. The van der Waals surface area contributed by atoms with Crippen molar-refractivity contribution in [3.63, 3.8) is 0 Å². The molecule has 1 fully saturated rings. The normalized spacial score (nSPS) is 21.3. The summed E-state index contributed by atoms with van der Waals surface area (Å²) in [7, 11) is 0. The Hall–Kier alpha value is -1.36. The molecule has 1 aromatic rings. The van der Waals surface area contributed by atoms with Crippen LogP contribution in [0.2, 0.25) is 0 Å². The Labute approximate surface area is 88.3 Å². The zero-order valence-electron chi connectivity index (χ0n) is 8.75. The van der Waals surface area contributed by atoms with Crippen LogP contribution in [0.5, 0.6) is 0 Å². The Morgan fingerprint density at radius 1 is 1.73 bits per heavy atom. The second-order valence-corrected chi connectivity index (χ2v) is 3.77. The van der Waals surface area contributed by atoms with Crippen molar-refractivity contribution < 1.29 is 9.21 Å². The number of aryl methyl sites for hydroxylation is 1. The molecule has 15 heavy (non-hydrogen) atoms. The molecule has 2 rings (SSSR count). The van der Waals surface area contributed by atoms with Gasteiger partial charge in [-0.3, -0.25) is 4.79 Å². The minimum atomic E-state index is -0.144. The Morgan fingerprint density at radius 2 is 2.60 bits per heavy atom. The molecule has 1 aromatic heterocycles. The van der Waals surface area contributed by atoms with Crippen LogP contribution in [0.4, 0.5) is 0 Å². The lowest BCUT2D eigenvalue weighted by Gasteiger charge is -2.23. The number of hydrogen-bond donors (Lipinski definition) is 2. The summed E-state index contributed by atoms with van der Waals surface area (Å²) < 4.78 is 4.99. The van der Waals surface area contributed by atoms with Gasteiger partial charge in [0.2, 0.25) is 0 Å². The van der Waals surface area contributed by atoms with E-state index in [1.165, 1.54) is 6.39 Å². The summed E-state index contributed by atoms with van der Waals surface area (Å²) in [5.41, 5.74) is 0.389. The number of nitrogens with zero attached hydrogens (tertiary/aromatic N) is 1. The quantitative estimate of drug-likeness (QED) is 0.742. The lowest BCUT2D eigenvalue weighted by Crippen LogP contribution is -2.45. The molecule has 2 heterocycles. The highest BCUT2D eigenvalue weighted by molar-refractivity contribution is 5.93. The number of carbonyl (C=O) groups excluding carboxylic acids is 1. The first-order valence-electron chi connectivity index (χ1n) is 5.19. The molecule has 0 bridgehead atoms. The predicted octanol–water partition coefficient (Wildman–Crippen LogP) is 0.465. The van der Waals surface area contributed by atoms with E-state index in [9.17, 15) is 4.79 Å². The third-order valence-corrected chi connectivity index (χ3v) is 2.59. The number of amides is 1. The Balaban J connectivity index is 1.94. The largest absolute Gasteiger partial charge is 0.448 e. The zero-order chi connectivity index (χ0) is 10.7. The van der Waals surface area contributed by atoms with Crippen molar-refractivity contribution in [2.45, 2.75) is 25.8 Å². The third kappa shape index (κ3) is 2.36. The number of aromatic nitrogens is 1. The molecule has 1 aliphatic heterocycles. The molecule has 1 saturated heterocycles. The minimum Gasteiger partial charge on any atom is -0.448 e. The number of rotatable bonds is 2. The van der Waals surface area contributed by atoms with Crippen LogP contribution in [0.1, 0.15) is 29.1 Å². The minimum absolute atomic E-state index is 0.144. The van der Waals surface area contributed by atoms with Gasteiger partial charge in [0.25, 0.3) is 5.91 Å². The van der Waals surface area contributed by atoms with Crippen LogP contribution >= 0.6 is 0 Å². The van der Waals surface area contributed by atoms with Crippen molar-refractivity contribution in [2.24, 2.45) is 0 Å². The fourth-order valence-electron chi connectivity index (χ4n) is 1.75. The van der Waals surface area contributed by atoms with Gasteiger partial charge in [0.1, 0.15) is 5.76 Å². The number of oxazole rings is 1. The first-order chi connectivity index (χ1) is 7.27. The highest BCUT2D eigenvalue weighted by Crippen LogP contribution is 2.06. The van der Waals surface area contributed by atoms with E-state index in [1.54, 1.807) is 6.92 Å². The summed E-state index contributed by atoms with van der Waals surface area (Å²) in [6.07, 6.45) is 3.42. The van der Waals surface area contributed by atoms with Crippen LogP contribution in [0.15, 0.2) is 10.8 Å². The van der Waals surface area contributed by atoms with Crippen molar-refractivity contribution in [1.82, 2.24) is 15.6 Å². The van der Waals surface area contributed by atoms with Gasteiger partial charge in [0.05, 0.1) is 0 Å². The van der Waals surface area contributed by atoms with Gasteiger partial charge in [-0.15, -0.1) is 0 Å². The summed E-state index contributed by atoms with van der Waals surface area (Å²) in [5.74, 6) is 0.422. The summed E-state index contributed by atoms with van der Waals surface area (Å²) in [6, 6.07) is 0.211. The van der Waals surface area contributed by atoms with E-state index in [4.69, 9.17) is 4.42 Å². The van der Waals surface area contributed by atoms with Gasteiger partial charge in [-0.05, 0) is 26.3 Å². The van der Waals surface area contributed by atoms with Crippen molar-refractivity contribution in [3.05, 3.63) is 17.8 Å². The van der Waals surface area contributed by atoms with E-state index in [0.717, 1.165) is 25.9 Å². The van der Waals surface area contributed by atoms with E-state index in [0.29, 0.717) is 11.5 Å².